The van der Waals surface area contributed by atoms with Gasteiger partial charge in [-0.1, -0.05) is 108 Å². The Kier molecular flexibility index (Phi) is 26.2. The molecule has 1 aliphatic heterocycles. The fourth-order valence-electron chi connectivity index (χ4n) is 5.40. The van der Waals surface area contributed by atoms with Crippen LogP contribution in [-0.2, 0) is 14.3 Å². The number of unbranched alkanes of at least 4 members (excludes halogenated alkanes) is 14. The number of nitrogens with one attached hydrogen (secondary N) is 1. The molecule has 7 atom stereocenters. The molecule has 6 N–H and O–H groups in total. The Morgan fingerprint density at radius 3 is 1.83 bits per heavy atom. The Hall–Kier alpha value is -1.59. The minimum Gasteiger partial charge on any atom is -0.394 e. The van der Waals surface area contributed by atoms with Gasteiger partial charge in [0.05, 0.1) is 25.4 Å². The van der Waals surface area contributed by atoms with Gasteiger partial charge in [0.25, 0.3) is 0 Å². The Morgan fingerprint density at radius 1 is 0.717 bits per heavy atom. The monoisotopic (exact) mass is 653 g/mol. The summed E-state index contributed by atoms with van der Waals surface area (Å²) in [6, 6.07) is -0.820. The van der Waals surface area contributed by atoms with Crippen molar-refractivity contribution >= 4 is 5.91 Å². The molecule has 1 saturated heterocycles. The number of aliphatic hydroxyl groups excluding tert-OH is 5. The van der Waals surface area contributed by atoms with Crippen molar-refractivity contribution in [3.8, 4) is 0 Å². The molecular weight excluding hydrogens is 586 g/mol. The van der Waals surface area contributed by atoms with Gasteiger partial charge in [0.15, 0.2) is 6.29 Å². The van der Waals surface area contributed by atoms with Crippen LogP contribution in [0.1, 0.15) is 136 Å². The highest BCUT2D eigenvalue weighted by Crippen LogP contribution is 2.22. The predicted octanol–water partition coefficient (Wildman–Crippen LogP) is 5.77. The van der Waals surface area contributed by atoms with Gasteiger partial charge in [-0.3, -0.25) is 4.79 Å². The molecule has 9 nitrogen and oxygen atoms in total. The summed E-state index contributed by atoms with van der Waals surface area (Å²) in [5.41, 5.74) is 0. The van der Waals surface area contributed by atoms with Gasteiger partial charge in [0, 0.05) is 6.42 Å². The van der Waals surface area contributed by atoms with Gasteiger partial charge < -0.3 is 40.3 Å². The Morgan fingerprint density at radius 2 is 1.24 bits per heavy atom. The summed E-state index contributed by atoms with van der Waals surface area (Å²) >= 11 is 0. The molecule has 0 aliphatic carbocycles. The molecule has 268 valence electrons. The van der Waals surface area contributed by atoms with Gasteiger partial charge in [0.2, 0.25) is 5.91 Å². The molecule has 0 aromatic heterocycles. The maximum absolute atomic E-state index is 12.8. The second kappa shape index (κ2) is 28.4. The van der Waals surface area contributed by atoms with Crippen LogP contribution in [0.4, 0.5) is 0 Å². The molecule has 1 aliphatic rings. The van der Waals surface area contributed by atoms with E-state index >= 15 is 0 Å². The van der Waals surface area contributed by atoms with Crippen LogP contribution < -0.4 is 5.32 Å². The molecular formula is C37H67NO8. The van der Waals surface area contributed by atoms with Crippen molar-refractivity contribution in [2.24, 2.45) is 0 Å². The first-order chi connectivity index (χ1) is 22.3. The van der Waals surface area contributed by atoms with E-state index in [1.807, 2.05) is 6.08 Å². The highest BCUT2D eigenvalue weighted by atomic mass is 16.7. The molecule has 1 fully saturated rings. The average Bonchev–Trinajstić information content (AvgIpc) is 3.05. The van der Waals surface area contributed by atoms with Crippen LogP contribution in [0.25, 0.3) is 0 Å². The van der Waals surface area contributed by atoms with Crippen LogP contribution in [0.2, 0.25) is 0 Å². The summed E-state index contributed by atoms with van der Waals surface area (Å²) in [4.78, 5) is 12.8. The van der Waals surface area contributed by atoms with E-state index in [1.165, 1.54) is 57.8 Å². The number of allylic oxidation sites excluding steroid dienone is 5. The largest absolute Gasteiger partial charge is 0.394 e. The molecule has 1 rings (SSSR count). The number of carbonyl (C=O) groups is 1. The zero-order valence-electron chi connectivity index (χ0n) is 28.8. The highest BCUT2D eigenvalue weighted by Gasteiger charge is 2.44. The van der Waals surface area contributed by atoms with Crippen molar-refractivity contribution in [1.29, 1.82) is 0 Å². The summed E-state index contributed by atoms with van der Waals surface area (Å²) in [6.07, 6.45) is 24.8. The van der Waals surface area contributed by atoms with Crippen molar-refractivity contribution in [2.45, 2.75) is 179 Å². The summed E-state index contributed by atoms with van der Waals surface area (Å²) in [7, 11) is 0. The maximum Gasteiger partial charge on any atom is 0.220 e. The lowest BCUT2D eigenvalue weighted by Crippen LogP contribution is -2.60. The summed E-state index contributed by atoms with van der Waals surface area (Å²) in [5.74, 6) is -0.202. The molecule has 0 saturated carbocycles. The van der Waals surface area contributed by atoms with E-state index < -0.39 is 49.5 Å². The Balaban J connectivity index is 2.51. The second-order valence-corrected chi connectivity index (χ2v) is 12.6. The number of aliphatic hydroxyl groups is 5. The van der Waals surface area contributed by atoms with Crippen LogP contribution >= 0.6 is 0 Å². The average molecular weight is 654 g/mol. The fraction of sp³-hybridized carbons (Fsp3) is 0.811. The Labute approximate surface area is 279 Å². The van der Waals surface area contributed by atoms with Crippen LogP contribution in [0.5, 0.6) is 0 Å². The normalized spacial score (nSPS) is 23.5. The summed E-state index contributed by atoms with van der Waals surface area (Å²) in [6.45, 7) is 3.65. The SMILES string of the molecule is CCCCCC/C=C/CC/C=C/[C@@H](O)[C@H](CO[C@H]1O[C@@H](CO)[C@H](O)C(O)C1O)NC(=O)CCCCCCC/C=C/CCCCCC. The summed E-state index contributed by atoms with van der Waals surface area (Å²) in [5, 5.41) is 53.7. The number of carbonyl (C=O) groups excluding carboxylic acids is 1. The zero-order chi connectivity index (χ0) is 33.8. The standard InChI is InChI=1S/C37H67NO8/c1-3-5-7-9-11-13-15-16-17-19-21-23-25-27-33(41)38-30(29-45-37-36(44)35(43)34(42)32(28-39)46-37)31(40)26-24-22-20-18-14-12-10-8-6-4-2/h13-15,18,24,26,30-32,34-37,39-40,42-44H,3-12,16-17,19-23,25,27-29H2,1-2H3,(H,38,41)/b15-13+,18-14+,26-24+/t30-,31+,32-,34-,35?,36?,37-/m0/s1. The molecule has 1 heterocycles. The molecule has 0 spiro atoms. The lowest BCUT2D eigenvalue weighted by atomic mass is 9.99. The first kappa shape index (κ1) is 42.4. The van der Waals surface area contributed by atoms with E-state index in [1.54, 1.807) is 6.08 Å². The van der Waals surface area contributed by atoms with E-state index in [4.69, 9.17) is 9.47 Å². The quantitative estimate of drug-likeness (QED) is 0.0461. The summed E-state index contributed by atoms with van der Waals surface area (Å²) < 4.78 is 11.1. The van der Waals surface area contributed by atoms with Gasteiger partial charge in [-0.05, 0) is 57.8 Å². The maximum atomic E-state index is 12.8. The van der Waals surface area contributed by atoms with Gasteiger partial charge in [0.1, 0.15) is 24.4 Å². The van der Waals surface area contributed by atoms with E-state index in [9.17, 15) is 30.3 Å². The molecule has 9 heteroatoms. The number of hydrogen-bond acceptors (Lipinski definition) is 8. The topological polar surface area (TPSA) is 149 Å². The smallest absolute Gasteiger partial charge is 0.220 e. The first-order valence-corrected chi connectivity index (χ1v) is 18.2. The van der Waals surface area contributed by atoms with Crippen molar-refractivity contribution in [2.75, 3.05) is 13.2 Å². The van der Waals surface area contributed by atoms with Gasteiger partial charge >= 0.3 is 0 Å². The third-order valence-corrected chi connectivity index (χ3v) is 8.44. The predicted molar refractivity (Wildman–Crippen MR) is 184 cm³/mol. The van der Waals surface area contributed by atoms with Gasteiger partial charge in [-0.15, -0.1) is 0 Å². The van der Waals surface area contributed by atoms with Crippen LogP contribution in [0, 0.1) is 0 Å². The molecule has 0 aromatic rings. The lowest BCUT2D eigenvalue weighted by Gasteiger charge is -2.40. The van der Waals surface area contributed by atoms with Crippen LogP contribution in [-0.4, -0.2) is 87.5 Å². The van der Waals surface area contributed by atoms with E-state index in [0.717, 1.165) is 57.8 Å². The van der Waals surface area contributed by atoms with Crippen LogP contribution in [0.15, 0.2) is 36.5 Å². The fourth-order valence-corrected chi connectivity index (χ4v) is 5.40. The molecule has 46 heavy (non-hydrogen) atoms. The van der Waals surface area contributed by atoms with Crippen molar-refractivity contribution in [3.63, 3.8) is 0 Å². The van der Waals surface area contributed by atoms with E-state index in [-0.39, 0.29) is 12.5 Å². The number of rotatable bonds is 28. The number of hydrogen-bond donors (Lipinski definition) is 6. The van der Waals surface area contributed by atoms with E-state index in [2.05, 4.69) is 43.5 Å². The van der Waals surface area contributed by atoms with Crippen molar-refractivity contribution in [3.05, 3.63) is 36.5 Å². The minimum absolute atomic E-state index is 0.202. The minimum atomic E-state index is -1.57. The third kappa shape index (κ3) is 19.9. The van der Waals surface area contributed by atoms with Gasteiger partial charge in [-0.2, -0.15) is 0 Å². The van der Waals surface area contributed by atoms with Crippen molar-refractivity contribution < 1.29 is 39.8 Å². The lowest BCUT2D eigenvalue weighted by molar-refractivity contribution is -0.302. The number of ether oxygens (including phenoxy) is 2. The Bertz CT molecular complexity index is 817. The zero-order valence-corrected chi connectivity index (χ0v) is 28.8. The molecule has 0 aromatic carbocycles. The third-order valence-electron chi connectivity index (χ3n) is 8.44. The van der Waals surface area contributed by atoms with Crippen molar-refractivity contribution in [1.82, 2.24) is 5.32 Å². The highest BCUT2D eigenvalue weighted by molar-refractivity contribution is 5.76. The first-order valence-electron chi connectivity index (χ1n) is 18.2. The molecule has 1 amide bonds. The molecule has 0 radical (unpaired) electrons. The van der Waals surface area contributed by atoms with Gasteiger partial charge in [-0.25, -0.2) is 0 Å². The van der Waals surface area contributed by atoms with E-state index in [0.29, 0.717) is 6.42 Å². The molecule has 0 bridgehead atoms. The van der Waals surface area contributed by atoms with Crippen LogP contribution in [0.3, 0.4) is 0 Å². The second-order valence-electron chi connectivity index (χ2n) is 12.6. The molecule has 2 unspecified atom stereocenters. The number of amides is 1.